The van der Waals surface area contributed by atoms with Crippen molar-refractivity contribution in [3.8, 4) is 33.6 Å². The summed E-state index contributed by atoms with van der Waals surface area (Å²) in [7, 11) is 0. The van der Waals surface area contributed by atoms with Crippen molar-refractivity contribution in [3.05, 3.63) is 95.3 Å². The van der Waals surface area contributed by atoms with Crippen LogP contribution in [0.4, 0.5) is 0 Å². The Balaban J connectivity index is 1.64. The van der Waals surface area contributed by atoms with Crippen molar-refractivity contribution in [2.45, 2.75) is 33.1 Å². The molecule has 0 aliphatic heterocycles. The fraction of sp³-hybridized carbons (Fsp3) is 0.185. The molecule has 1 aliphatic rings. The van der Waals surface area contributed by atoms with Gasteiger partial charge in [-0.3, -0.25) is 0 Å². The second-order valence-electron chi connectivity index (χ2n) is 8.49. The molecule has 0 amide bonds. The maximum absolute atomic E-state index is 4.61. The van der Waals surface area contributed by atoms with E-state index < -0.39 is 0 Å². The third-order valence-corrected chi connectivity index (χ3v) is 6.28. The van der Waals surface area contributed by atoms with Crippen LogP contribution in [-0.4, -0.2) is 9.97 Å². The lowest BCUT2D eigenvalue weighted by Gasteiger charge is -2.21. The van der Waals surface area contributed by atoms with Crippen LogP contribution >= 0.6 is 0 Å². The number of rotatable bonds is 2. The summed E-state index contributed by atoms with van der Waals surface area (Å²) in [6.07, 6.45) is 1.68. The fourth-order valence-corrected chi connectivity index (χ4v) is 4.73. The van der Waals surface area contributed by atoms with E-state index in [4.69, 9.17) is 0 Å². The van der Waals surface area contributed by atoms with E-state index in [1.165, 1.54) is 38.9 Å². The highest BCUT2D eigenvalue weighted by atomic mass is 14.8. The molecule has 0 bridgehead atoms. The van der Waals surface area contributed by atoms with Gasteiger partial charge in [-0.2, -0.15) is 0 Å². The topological polar surface area (TPSA) is 25.8 Å². The molecule has 0 radical (unpaired) electrons. The maximum Gasteiger partial charge on any atom is 0.116 e. The van der Waals surface area contributed by atoms with Crippen LogP contribution in [0.15, 0.2) is 73.1 Å². The minimum absolute atomic E-state index is 0.00952. The van der Waals surface area contributed by atoms with E-state index in [0.717, 1.165) is 17.0 Å². The number of aryl methyl sites for hydroxylation is 2. The first-order valence-electron chi connectivity index (χ1n) is 10.1. The summed E-state index contributed by atoms with van der Waals surface area (Å²) in [5, 5.41) is 0. The molecule has 2 heteroatoms. The molecule has 0 fully saturated rings. The fourth-order valence-electron chi connectivity index (χ4n) is 4.73. The summed E-state index contributed by atoms with van der Waals surface area (Å²) in [6, 6.07) is 24.0. The van der Waals surface area contributed by atoms with Crippen LogP contribution in [0.2, 0.25) is 0 Å². The zero-order chi connectivity index (χ0) is 20.2. The van der Waals surface area contributed by atoms with Crippen molar-refractivity contribution in [2.24, 2.45) is 0 Å². The van der Waals surface area contributed by atoms with Gasteiger partial charge in [-0.15, -0.1) is 0 Å². The van der Waals surface area contributed by atoms with E-state index in [1.807, 2.05) is 0 Å². The van der Waals surface area contributed by atoms with Crippen LogP contribution < -0.4 is 0 Å². The smallest absolute Gasteiger partial charge is 0.116 e. The van der Waals surface area contributed by atoms with Crippen molar-refractivity contribution in [3.63, 3.8) is 0 Å². The van der Waals surface area contributed by atoms with E-state index in [2.05, 4.69) is 104 Å². The van der Waals surface area contributed by atoms with E-state index in [9.17, 15) is 0 Å². The summed E-state index contributed by atoms with van der Waals surface area (Å²) in [5.41, 5.74) is 12.2. The lowest BCUT2D eigenvalue weighted by molar-refractivity contribution is 0.660. The molecular formula is C27H24N2. The monoisotopic (exact) mass is 376 g/mol. The maximum atomic E-state index is 4.61. The predicted octanol–water partition coefficient (Wildman–Crippen LogP) is 6.73. The number of benzene rings is 3. The zero-order valence-electron chi connectivity index (χ0n) is 17.3. The standard InChI is InChI=1S/C27H24N2/c1-17-8-7-9-18(2)26(17)25-15-24(28-16-29-25)19-12-13-21-20-10-5-6-11-22(20)27(3,4)23(21)14-19/h5-16H,1-4H3. The molecule has 0 saturated heterocycles. The summed E-state index contributed by atoms with van der Waals surface area (Å²) in [5.74, 6) is 0. The second-order valence-corrected chi connectivity index (χ2v) is 8.49. The summed E-state index contributed by atoms with van der Waals surface area (Å²) < 4.78 is 0. The van der Waals surface area contributed by atoms with Crippen molar-refractivity contribution in [2.75, 3.05) is 0 Å². The molecule has 4 aromatic rings. The van der Waals surface area contributed by atoms with Gasteiger partial charge in [0.05, 0.1) is 11.4 Å². The molecule has 1 heterocycles. The largest absolute Gasteiger partial charge is 0.236 e. The van der Waals surface area contributed by atoms with E-state index in [1.54, 1.807) is 6.33 Å². The first-order valence-corrected chi connectivity index (χ1v) is 10.1. The molecule has 0 unspecified atom stereocenters. The van der Waals surface area contributed by atoms with Crippen LogP contribution in [-0.2, 0) is 5.41 Å². The highest BCUT2D eigenvalue weighted by molar-refractivity contribution is 5.83. The van der Waals surface area contributed by atoms with Gasteiger partial charge in [-0.1, -0.05) is 68.4 Å². The number of aromatic nitrogens is 2. The van der Waals surface area contributed by atoms with Gasteiger partial charge < -0.3 is 0 Å². The molecule has 1 aromatic heterocycles. The Morgan fingerprint density at radius 1 is 0.655 bits per heavy atom. The normalized spacial score (nSPS) is 13.8. The third-order valence-electron chi connectivity index (χ3n) is 6.28. The lowest BCUT2D eigenvalue weighted by Crippen LogP contribution is -2.14. The average molecular weight is 377 g/mol. The van der Waals surface area contributed by atoms with Gasteiger partial charge in [0.1, 0.15) is 6.33 Å². The van der Waals surface area contributed by atoms with Crippen LogP contribution in [0.5, 0.6) is 0 Å². The Morgan fingerprint density at radius 3 is 2.14 bits per heavy atom. The van der Waals surface area contributed by atoms with Crippen LogP contribution in [0.1, 0.15) is 36.1 Å². The summed E-state index contributed by atoms with van der Waals surface area (Å²) in [6.45, 7) is 8.89. The van der Waals surface area contributed by atoms with E-state index >= 15 is 0 Å². The first-order chi connectivity index (χ1) is 14.0. The van der Waals surface area contributed by atoms with Gasteiger partial charge in [-0.05, 0) is 59.4 Å². The molecule has 142 valence electrons. The Kier molecular flexibility index (Phi) is 3.92. The van der Waals surface area contributed by atoms with Crippen LogP contribution in [0, 0.1) is 13.8 Å². The molecule has 0 N–H and O–H groups in total. The highest BCUT2D eigenvalue weighted by Crippen LogP contribution is 2.49. The second kappa shape index (κ2) is 6.38. The van der Waals surface area contributed by atoms with Gasteiger partial charge in [0.15, 0.2) is 0 Å². The lowest BCUT2D eigenvalue weighted by atomic mass is 9.82. The van der Waals surface area contributed by atoms with Crippen molar-refractivity contribution >= 4 is 0 Å². The van der Waals surface area contributed by atoms with E-state index in [0.29, 0.717) is 0 Å². The van der Waals surface area contributed by atoms with Gasteiger partial charge >= 0.3 is 0 Å². The molecule has 5 rings (SSSR count). The predicted molar refractivity (Wildman–Crippen MR) is 120 cm³/mol. The van der Waals surface area contributed by atoms with Crippen molar-refractivity contribution in [1.29, 1.82) is 0 Å². The molecule has 1 aliphatic carbocycles. The van der Waals surface area contributed by atoms with Gasteiger partial charge in [0.2, 0.25) is 0 Å². The van der Waals surface area contributed by atoms with Gasteiger partial charge in [-0.25, -0.2) is 9.97 Å². The molecular weight excluding hydrogens is 352 g/mol. The number of nitrogens with zero attached hydrogens (tertiary/aromatic N) is 2. The zero-order valence-corrected chi connectivity index (χ0v) is 17.3. The quantitative estimate of drug-likeness (QED) is 0.387. The molecule has 2 nitrogen and oxygen atoms in total. The average Bonchev–Trinajstić information content (AvgIpc) is 2.95. The molecule has 29 heavy (non-hydrogen) atoms. The minimum Gasteiger partial charge on any atom is -0.236 e. The number of fused-ring (bicyclic) bond motifs is 3. The SMILES string of the molecule is Cc1cccc(C)c1-c1cc(-c2ccc3c(c2)C(C)(C)c2ccccc2-3)ncn1. The number of hydrogen-bond donors (Lipinski definition) is 0. The van der Waals surface area contributed by atoms with Crippen LogP contribution in [0.3, 0.4) is 0 Å². The van der Waals surface area contributed by atoms with Gasteiger partial charge in [0, 0.05) is 16.5 Å². The molecule has 0 atom stereocenters. The molecule has 0 saturated carbocycles. The Morgan fingerprint density at radius 2 is 1.34 bits per heavy atom. The Bertz CT molecular complexity index is 1230. The third kappa shape index (κ3) is 2.71. The molecule has 3 aromatic carbocycles. The Labute approximate surface area is 172 Å². The van der Waals surface area contributed by atoms with Crippen LogP contribution in [0.25, 0.3) is 33.6 Å². The first kappa shape index (κ1) is 17.8. The number of hydrogen-bond acceptors (Lipinski definition) is 2. The van der Waals surface area contributed by atoms with E-state index in [-0.39, 0.29) is 5.41 Å². The summed E-state index contributed by atoms with van der Waals surface area (Å²) >= 11 is 0. The van der Waals surface area contributed by atoms with Crippen molar-refractivity contribution in [1.82, 2.24) is 9.97 Å². The Hall–Kier alpha value is -3.26. The summed E-state index contributed by atoms with van der Waals surface area (Å²) in [4.78, 5) is 9.18. The minimum atomic E-state index is -0.00952. The highest BCUT2D eigenvalue weighted by Gasteiger charge is 2.35. The van der Waals surface area contributed by atoms with Crippen molar-refractivity contribution < 1.29 is 0 Å². The van der Waals surface area contributed by atoms with Gasteiger partial charge in [0.25, 0.3) is 0 Å². The molecule has 0 spiro atoms.